The maximum atomic E-state index is 12.7. The summed E-state index contributed by atoms with van der Waals surface area (Å²) in [6, 6.07) is 10.6. The Kier molecular flexibility index (Phi) is 4.58. The molecule has 0 bridgehead atoms. The lowest BCUT2D eigenvalue weighted by molar-refractivity contribution is -0.132. The second-order valence-corrected chi connectivity index (χ2v) is 8.64. The smallest absolute Gasteiger partial charge is 0.236 e. The molecule has 0 spiro atoms. The van der Waals surface area contributed by atoms with E-state index in [4.69, 9.17) is 0 Å². The van der Waals surface area contributed by atoms with Gasteiger partial charge >= 0.3 is 0 Å². The molecule has 0 unspecified atom stereocenters. The van der Waals surface area contributed by atoms with Gasteiger partial charge in [-0.25, -0.2) is 4.98 Å². The Morgan fingerprint density at radius 1 is 1.36 bits per heavy atom. The zero-order valence-electron chi connectivity index (χ0n) is 14.4. The molecule has 3 heterocycles. The molecule has 1 aliphatic heterocycles. The van der Waals surface area contributed by atoms with Crippen molar-refractivity contribution in [2.24, 2.45) is 0 Å². The number of aromatic nitrogens is 1. The third kappa shape index (κ3) is 3.34. The first-order chi connectivity index (χ1) is 12.1. The summed E-state index contributed by atoms with van der Waals surface area (Å²) in [5.41, 5.74) is 2.40. The molecule has 0 fully saturated rings. The molecule has 1 atom stereocenters. The number of rotatable bonds is 4. The van der Waals surface area contributed by atoms with Crippen LogP contribution in [-0.4, -0.2) is 40.8 Å². The fourth-order valence-electron chi connectivity index (χ4n) is 3.35. The molecule has 4 rings (SSSR count). The molecule has 2 aromatic heterocycles. The second kappa shape index (κ2) is 6.86. The van der Waals surface area contributed by atoms with Crippen LogP contribution in [-0.2, 0) is 17.8 Å². The van der Waals surface area contributed by atoms with Crippen molar-refractivity contribution in [1.29, 1.82) is 0 Å². The van der Waals surface area contributed by atoms with E-state index in [2.05, 4.69) is 34.3 Å². The fraction of sp³-hybridized carbons (Fsp3) is 0.368. The summed E-state index contributed by atoms with van der Waals surface area (Å²) in [5.74, 6) is 0.157. The van der Waals surface area contributed by atoms with Crippen LogP contribution in [0.25, 0.3) is 10.2 Å². The van der Waals surface area contributed by atoms with Gasteiger partial charge in [-0.05, 0) is 42.5 Å². The lowest BCUT2D eigenvalue weighted by Gasteiger charge is -2.34. The van der Waals surface area contributed by atoms with Gasteiger partial charge in [0, 0.05) is 24.5 Å². The highest BCUT2D eigenvalue weighted by atomic mass is 32.1. The minimum atomic E-state index is 0.157. The Bertz CT molecular complexity index is 868. The monoisotopic (exact) mass is 371 g/mol. The summed E-state index contributed by atoms with van der Waals surface area (Å²) in [6.45, 7) is 4.20. The van der Waals surface area contributed by atoms with Crippen LogP contribution in [0, 0.1) is 0 Å². The van der Waals surface area contributed by atoms with E-state index >= 15 is 0 Å². The van der Waals surface area contributed by atoms with Crippen molar-refractivity contribution in [2.45, 2.75) is 25.9 Å². The molecule has 25 heavy (non-hydrogen) atoms. The summed E-state index contributed by atoms with van der Waals surface area (Å²) in [4.78, 5) is 22.9. The largest absolute Gasteiger partial charge is 0.338 e. The average Bonchev–Trinajstić information content (AvgIpc) is 3.23. The van der Waals surface area contributed by atoms with Gasteiger partial charge in [-0.1, -0.05) is 12.1 Å². The number of thiophene rings is 1. The first kappa shape index (κ1) is 16.7. The highest BCUT2D eigenvalue weighted by molar-refractivity contribution is 7.18. The number of hydrogen-bond donors (Lipinski definition) is 0. The zero-order chi connectivity index (χ0) is 17.4. The molecule has 0 aliphatic carbocycles. The van der Waals surface area contributed by atoms with Crippen LogP contribution in [0.2, 0.25) is 0 Å². The summed E-state index contributed by atoms with van der Waals surface area (Å²) < 4.78 is 1.17. The van der Waals surface area contributed by atoms with E-state index in [1.54, 1.807) is 16.2 Å². The average molecular weight is 372 g/mol. The number of para-hydroxylation sites is 1. The van der Waals surface area contributed by atoms with Crippen molar-refractivity contribution >= 4 is 38.8 Å². The van der Waals surface area contributed by atoms with Crippen LogP contribution in [0.3, 0.4) is 0 Å². The SMILES string of the molecule is C[C@H]1c2ccsc2CCN1CC(=O)N(C)Cc1nc2ccccc2s1. The van der Waals surface area contributed by atoms with E-state index in [1.165, 1.54) is 15.1 Å². The van der Waals surface area contributed by atoms with Gasteiger partial charge in [0.25, 0.3) is 0 Å². The van der Waals surface area contributed by atoms with E-state index in [0.29, 0.717) is 19.1 Å². The first-order valence-electron chi connectivity index (χ1n) is 8.50. The Morgan fingerprint density at radius 2 is 2.20 bits per heavy atom. The van der Waals surface area contributed by atoms with Crippen LogP contribution in [0.15, 0.2) is 35.7 Å². The summed E-state index contributed by atoms with van der Waals surface area (Å²) in [5, 5.41) is 3.15. The van der Waals surface area contributed by atoms with Gasteiger partial charge in [0.05, 0.1) is 23.3 Å². The molecule has 0 N–H and O–H groups in total. The summed E-state index contributed by atoms with van der Waals surface area (Å²) in [6.07, 6.45) is 1.05. The van der Waals surface area contributed by atoms with E-state index in [1.807, 2.05) is 36.6 Å². The topological polar surface area (TPSA) is 36.4 Å². The lowest BCUT2D eigenvalue weighted by atomic mass is 10.0. The number of amides is 1. The van der Waals surface area contributed by atoms with E-state index in [9.17, 15) is 4.79 Å². The highest BCUT2D eigenvalue weighted by Gasteiger charge is 2.27. The molecule has 4 nitrogen and oxygen atoms in total. The third-order valence-electron chi connectivity index (χ3n) is 4.88. The number of nitrogens with zero attached hydrogens (tertiary/aromatic N) is 3. The van der Waals surface area contributed by atoms with Crippen LogP contribution in [0.5, 0.6) is 0 Å². The van der Waals surface area contributed by atoms with Gasteiger partial charge in [0.15, 0.2) is 0 Å². The van der Waals surface area contributed by atoms with Gasteiger partial charge in [0.1, 0.15) is 5.01 Å². The Morgan fingerprint density at radius 3 is 3.04 bits per heavy atom. The highest BCUT2D eigenvalue weighted by Crippen LogP contribution is 2.32. The van der Waals surface area contributed by atoms with Crippen molar-refractivity contribution in [3.05, 3.63) is 51.2 Å². The Balaban J connectivity index is 1.41. The molecule has 1 aromatic carbocycles. The van der Waals surface area contributed by atoms with Crippen molar-refractivity contribution in [3.8, 4) is 0 Å². The van der Waals surface area contributed by atoms with E-state index in [0.717, 1.165) is 23.5 Å². The minimum absolute atomic E-state index is 0.157. The van der Waals surface area contributed by atoms with Crippen molar-refractivity contribution in [3.63, 3.8) is 0 Å². The number of carbonyl (C=O) groups excluding carboxylic acids is 1. The van der Waals surface area contributed by atoms with E-state index in [-0.39, 0.29) is 5.91 Å². The Hall–Kier alpha value is -1.76. The molecule has 0 saturated heterocycles. The van der Waals surface area contributed by atoms with Crippen molar-refractivity contribution in [1.82, 2.24) is 14.8 Å². The normalized spacial score (nSPS) is 17.6. The van der Waals surface area contributed by atoms with Crippen molar-refractivity contribution in [2.75, 3.05) is 20.1 Å². The predicted molar refractivity (Wildman–Crippen MR) is 104 cm³/mol. The third-order valence-corrected chi connectivity index (χ3v) is 6.90. The maximum Gasteiger partial charge on any atom is 0.236 e. The van der Waals surface area contributed by atoms with Gasteiger partial charge in [-0.3, -0.25) is 9.69 Å². The predicted octanol–water partition coefficient (Wildman–Crippen LogP) is 3.94. The van der Waals surface area contributed by atoms with Gasteiger partial charge in [0.2, 0.25) is 5.91 Å². The Labute approximate surface area is 155 Å². The maximum absolute atomic E-state index is 12.7. The molecule has 6 heteroatoms. The molecule has 0 radical (unpaired) electrons. The van der Waals surface area contributed by atoms with Gasteiger partial charge in [-0.15, -0.1) is 22.7 Å². The van der Waals surface area contributed by atoms with E-state index < -0.39 is 0 Å². The number of likely N-dealkylation sites (N-methyl/N-ethyl adjacent to an activating group) is 1. The van der Waals surface area contributed by atoms with Crippen LogP contribution >= 0.6 is 22.7 Å². The number of benzene rings is 1. The summed E-state index contributed by atoms with van der Waals surface area (Å²) >= 11 is 3.50. The number of hydrogen-bond acceptors (Lipinski definition) is 5. The quantitative estimate of drug-likeness (QED) is 0.697. The second-order valence-electron chi connectivity index (χ2n) is 6.52. The lowest BCUT2D eigenvalue weighted by Crippen LogP contribution is -2.41. The molecule has 3 aromatic rings. The number of fused-ring (bicyclic) bond motifs is 2. The molecular formula is C19H21N3OS2. The van der Waals surface area contributed by atoms with Gasteiger partial charge < -0.3 is 4.90 Å². The van der Waals surface area contributed by atoms with Gasteiger partial charge in [-0.2, -0.15) is 0 Å². The van der Waals surface area contributed by atoms with Crippen molar-refractivity contribution < 1.29 is 4.79 Å². The zero-order valence-corrected chi connectivity index (χ0v) is 16.1. The molecular weight excluding hydrogens is 350 g/mol. The van der Waals surface area contributed by atoms with Crippen LogP contribution in [0.1, 0.15) is 28.4 Å². The van der Waals surface area contributed by atoms with Crippen LogP contribution in [0.4, 0.5) is 0 Å². The fourth-order valence-corrected chi connectivity index (χ4v) is 5.33. The molecule has 0 saturated carbocycles. The van der Waals surface area contributed by atoms with Crippen LogP contribution < -0.4 is 0 Å². The standard InChI is InChI=1S/C19H21N3OS2/c1-13-14-8-10-24-16(14)7-9-22(13)12-19(23)21(2)11-18-20-15-5-3-4-6-17(15)25-18/h3-6,8,10,13H,7,9,11-12H2,1-2H3/t13-/m0/s1. The number of thiazole rings is 1. The first-order valence-corrected chi connectivity index (χ1v) is 10.2. The molecule has 1 amide bonds. The minimum Gasteiger partial charge on any atom is -0.338 e. The summed E-state index contributed by atoms with van der Waals surface area (Å²) in [7, 11) is 1.87. The number of carbonyl (C=O) groups is 1. The molecule has 130 valence electrons. The molecule has 1 aliphatic rings.